The van der Waals surface area contributed by atoms with Crippen molar-refractivity contribution in [2.75, 3.05) is 11.9 Å². The molecule has 0 aliphatic carbocycles. The summed E-state index contributed by atoms with van der Waals surface area (Å²) < 4.78 is 28.5. The van der Waals surface area contributed by atoms with Crippen LogP contribution in [0.15, 0.2) is 42.5 Å². The molecule has 5 nitrogen and oxygen atoms in total. The third-order valence-electron chi connectivity index (χ3n) is 2.93. The van der Waals surface area contributed by atoms with E-state index in [0.717, 1.165) is 0 Å². The molecule has 0 aliphatic heterocycles. The van der Waals surface area contributed by atoms with Crippen molar-refractivity contribution in [1.29, 1.82) is 0 Å². The SMILES string of the molecule is O=C(CNC(=O)c1cccc(Cl)c1)Nc1ccc(OC(F)F)c(Cl)c1. The van der Waals surface area contributed by atoms with Gasteiger partial charge in [-0.1, -0.05) is 29.3 Å². The van der Waals surface area contributed by atoms with Gasteiger partial charge in [0.1, 0.15) is 5.75 Å². The molecule has 0 bridgehead atoms. The molecule has 0 unspecified atom stereocenters. The number of hydrogen-bond donors (Lipinski definition) is 2. The third kappa shape index (κ3) is 5.88. The average molecular weight is 389 g/mol. The van der Waals surface area contributed by atoms with Crippen LogP contribution in [-0.4, -0.2) is 25.0 Å². The van der Waals surface area contributed by atoms with E-state index in [2.05, 4.69) is 15.4 Å². The molecule has 0 radical (unpaired) electrons. The van der Waals surface area contributed by atoms with Crippen LogP contribution in [0.5, 0.6) is 5.75 Å². The molecule has 2 N–H and O–H groups in total. The van der Waals surface area contributed by atoms with Crippen molar-refractivity contribution in [3.63, 3.8) is 0 Å². The van der Waals surface area contributed by atoms with Gasteiger partial charge in [0.05, 0.1) is 11.6 Å². The molecule has 0 heterocycles. The molecule has 0 aromatic heterocycles. The van der Waals surface area contributed by atoms with Crippen molar-refractivity contribution in [2.45, 2.75) is 6.61 Å². The van der Waals surface area contributed by atoms with Crippen LogP contribution in [-0.2, 0) is 4.79 Å². The normalized spacial score (nSPS) is 10.4. The molecule has 2 amide bonds. The van der Waals surface area contributed by atoms with Crippen LogP contribution in [0.3, 0.4) is 0 Å². The van der Waals surface area contributed by atoms with Crippen molar-refractivity contribution < 1.29 is 23.1 Å². The maximum absolute atomic E-state index is 12.2. The molecule has 132 valence electrons. The Morgan fingerprint density at radius 1 is 1.12 bits per heavy atom. The first-order valence-electron chi connectivity index (χ1n) is 6.93. The van der Waals surface area contributed by atoms with E-state index in [1.54, 1.807) is 18.2 Å². The lowest BCUT2D eigenvalue weighted by molar-refractivity contribution is -0.115. The summed E-state index contributed by atoms with van der Waals surface area (Å²) in [5, 5.41) is 5.22. The molecular formula is C16H12Cl2F2N2O3. The highest BCUT2D eigenvalue weighted by Gasteiger charge is 2.11. The summed E-state index contributed by atoms with van der Waals surface area (Å²) in [5.41, 5.74) is 0.588. The van der Waals surface area contributed by atoms with Gasteiger partial charge in [0.15, 0.2) is 0 Å². The quantitative estimate of drug-likeness (QED) is 0.786. The van der Waals surface area contributed by atoms with Gasteiger partial charge in [-0.25, -0.2) is 0 Å². The number of carbonyl (C=O) groups excluding carboxylic acids is 2. The lowest BCUT2D eigenvalue weighted by Gasteiger charge is -2.10. The number of amides is 2. The van der Waals surface area contributed by atoms with Gasteiger partial charge in [0.2, 0.25) is 5.91 Å². The Kier molecular flexibility index (Phi) is 6.55. The maximum atomic E-state index is 12.2. The van der Waals surface area contributed by atoms with Gasteiger partial charge < -0.3 is 15.4 Å². The highest BCUT2D eigenvalue weighted by molar-refractivity contribution is 6.32. The molecule has 2 rings (SSSR count). The van der Waals surface area contributed by atoms with E-state index in [1.807, 2.05) is 0 Å². The van der Waals surface area contributed by atoms with Crippen molar-refractivity contribution in [1.82, 2.24) is 5.32 Å². The number of benzene rings is 2. The highest BCUT2D eigenvalue weighted by Crippen LogP contribution is 2.28. The standard InChI is InChI=1S/C16H12Cl2F2N2O3/c17-10-3-1-2-9(6-10)15(24)21-8-14(23)22-11-4-5-13(12(18)7-11)25-16(19)20/h1-7,16H,8H2,(H,21,24)(H,22,23). The fourth-order valence-electron chi connectivity index (χ4n) is 1.87. The minimum Gasteiger partial charge on any atom is -0.433 e. The molecule has 25 heavy (non-hydrogen) atoms. The van der Waals surface area contributed by atoms with Crippen LogP contribution < -0.4 is 15.4 Å². The molecule has 0 saturated carbocycles. The lowest BCUT2D eigenvalue weighted by Crippen LogP contribution is -2.32. The van der Waals surface area contributed by atoms with Crippen molar-refractivity contribution in [2.24, 2.45) is 0 Å². The smallest absolute Gasteiger partial charge is 0.387 e. The Balaban J connectivity index is 1.90. The second kappa shape index (κ2) is 8.64. The minimum atomic E-state index is -3.00. The predicted octanol–water partition coefficient (Wildman–Crippen LogP) is 3.96. The second-order valence-corrected chi connectivity index (χ2v) is 5.61. The first-order chi connectivity index (χ1) is 11.8. The zero-order valence-electron chi connectivity index (χ0n) is 12.6. The monoisotopic (exact) mass is 388 g/mol. The van der Waals surface area contributed by atoms with Gasteiger partial charge in [-0.2, -0.15) is 8.78 Å². The molecule has 2 aromatic rings. The molecule has 0 fully saturated rings. The second-order valence-electron chi connectivity index (χ2n) is 4.76. The van der Waals surface area contributed by atoms with Gasteiger partial charge in [-0.05, 0) is 36.4 Å². The molecule has 2 aromatic carbocycles. The van der Waals surface area contributed by atoms with E-state index in [9.17, 15) is 18.4 Å². The summed E-state index contributed by atoms with van der Waals surface area (Å²) in [6.45, 7) is -3.29. The van der Waals surface area contributed by atoms with E-state index in [1.165, 1.54) is 24.3 Å². The Morgan fingerprint density at radius 3 is 2.52 bits per heavy atom. The fourth-order valence-corrected chi connectivity index (χ4v) is 2.28. The van der Waals surface area contributed by atoms with Gasteiger partial charge in [0, 0.05) is 16.3 Å². The van der Waals surface area contributed by atoms with E-state index in [0.29, 0.717) is 10.6 Å². The van der Waals surface area contributed by atoms with Crippen LogP contribution in [0.25, 0.3) is 0 Å². The van der Waals surface area contributed by atoms with Crippen LogP contribution >= 0.6 is 23.2 Å². The zero-order valence-corrected chi connectivity index (χ0v) is 14.1. The Hall–Kier alpha value is -2.38. The summed E-state index contributed by atoms with van der Waals surface area (Å²) in [7, 11) is 0. The van der Waals surface area contributed by atoms with Crippen molar-refractivity contribution >= 4 is 40.7 Å². The van der Waals surface area contributed by atoms with E-state index >= 15 is 0 Å². The van der Waals surface area contributed by atoms with Gasteiger partial charge in [-0.15, -0.1) is 0 Å². The first kappa shape index (κ1) is 19.0. The van der Waals surface area contributed by atoms with E-state index < -0.39 is 18.4 Å². The summed E-state index contributed by atoms with van der Waals surface area (Å²) in [6, 6.07) is 10.1. The molecule has 9 heteroatoms. The Morgan fingerprint density at radius 2 is 1.88 bits per heavy atom. The van der Waals surface area contributed by atoms with Crippen LogP contribution in [0, 0.1) is 0 Å². The van der Waals surface area contributed by atoms with Crippen molar-refractivity contribution in [3.05, 3.63) is 58.1 Å². The summed E-state index contributed by atoms with van der Waals surface area (Å²) in [4.78, 5) is 23.7. The van der Waals surface area contributed by atoms with E-state index in [4.69, 9.17) is 23.2 Å². The van der Waals surface area contributed by atoms with Crippen LogP contribution in [0.2, 0.25) is 10.0 Å². The third-order valence-corrected chi connectivity index (χ3v) is 3.46. The first-order valence-corrected chi connectivity index (χ1v) is 7.68. The number of ether oxygens (including phenoxy) is 1. The number of carbonyl (C=O) groups is 2. The number of rotatable bonds is 6. The zero-order chi connectivity index (χ0) is 18.4. The molecule has 0 atom stereocenters. The Bertz CT molecular complexity index is 788. The number of hydrogen-bond acceptors (Lipinski definition) is 3. The molecule has 0 spiro atoms. The largest absolute Gasteiger partial charge is 0.433 e. The summed E-state index contributed by atoms with van der Waals surface area (Å²) in [6.07, 6.45) is 0. The summed E-state index contributed by atoms with van der Waals surface area (Å²) >= 11 is 11.6. The lowest BCUT2D eigenvalue weighted by atomic mass is 10.2. The summed E-state index contributed by atoms with van der Waals surface area (Å²) in [5.74, 6) is -1.19. The molecular weight excluding hydrogens is 377 g/mol. The number of halogens is 4. The number of nitrogens with one attached hydrogen (secondary N) is 2. The van der Waals surface area contributed by atoms with E-state index in [-0.39, 0.29) is 23.0 Å². The topological polar surface area (TPSA) is 67.4 Å². The van der Waals surface area contributed by atoms with Crippen LogP contribution in [0.4, 0.5) is 14.5 Å². The van der Waals surface area contributed by atoms with Crippen molar-refractivity contribution in [3.8, 4) is 5.75 Å². The minimum absolute atomic E-state index is 0.0823. The van der Waals surface area contributed by atoms with Crippen LogP contribution in [0.1, 0.15) is 10.4 Å². The van der Waals surface area contributed by atoms with Gasteiger partial charge in [0.25, 0.3) is 5.91 Å². The molecule has 0 aliphatic rings. The Labute approximate surface area is 151 Å². The maximum Gasteiger partial charge on any atom is 0.387 e. The average Bonchev–Trinajstić information content (AvgIpc) is 2.55. The number of alkyl halides is 2. The van der Waals surface area contributed by atoms with Gasteiger partial charge >= 0.3 is 6.61 Å². The highest BCUT2D eigenvalue weighted by atomic mass is 35.5. The van der Waals surface area contributed by atoms with Gasteiger partial charge in [-0.3, -0.25) is 9.59 Å². The number of anilines is 1. The predicted molar refractivity (Wildman–Crippen MR) is 90.5 cm³/mol. The fraction of sp³-hybridized carbons (Fsp3) is 0.125. The molecule has 0 saturated heterocycles.